The van der Waals surface area contributed by atoms with Crippen molar-refractivity contribution < 1.29 is 9.53 Å². The van der Waals surface area contributed by atoms with Gasteiger partial charge in [0, 0.05) is 11.5 Å². The third-order valence-corrected chi connectivity index (χ3v) is 3.02. The van der Waals surface area contributed by atoms with Gasteiger partial charge >= 0.3 is 5.97 Å². The van der Waals surface area contributed by atoms with E-state index in [0.717, 1.165) is 23.0 Å². The minimum atomic E-state index is -0.228. The number of ether oxygens (including phenoxy) is 1. The number of esters is 1. The number of benzene rings is 1. The Kier molecular flexibility index (Phi) is 5.98. The molecule has 0 spiro atoms. The molecule has 0 amide bonds. The topological polar surface area (TPSA) is 55.6 Å². The van der Waals surface area contributed by atoms with Gasteiger partial charge in [-0.2, -0.15) is 0 Å². The van der Waals surface area contributed by atoms with Crippen LogP contribution in [0.15, 0.2) is 22.7 Å². The van der Waals surface area contributed by atoms with Crippen molar-refractivity contribution in [3.05, 3.63) is 22.7 Å². The Labute approximate surface area is 116 Å². The van der Waals surface area contributed by atoms with Gasteiger partial charge in [-0.15, -0.1) is 0 Å². The van der Waals surface area contributed by atoms with E-state index in [4.69, 9.17) is 10.5 Å². The lowest BCUT2D eigenvalue weighted by atomic mass is 10.2. The van der Waals surface area contributed by atoms with Gasteiger partial charge in [-0.3, -0.25) is 4.79 Å². The zero-order valence-corrected chi connectivity index (χ0v) is 12.4. The molecule has 5 heteroatoms. The van der Waals surface area contributed by atoms with Gasteiger partial charge in [0.15, 0.2) is 0 Å². The van der Waals surface area contributed by atoms with Crippen LogP contribution in [0.4, 0.5) is 11.4 Å². The van der Waals surface area contributed by atoms with Crippen LogP contribution in [-0.2, 0) is 9.53 Å². The molecule has 0 unspecified atom stereocenters. The molecule has 0 aromatic heterocycles. The Bertz CT molecular complexity index is 410. The molecule has 0 aliphatic heterocycles. The van der Waals surface area contributed by atoms with Crippen molar-refractivity contribution in [3.8, 4) is 0 Å². The standard InChI is InChI=1S/C13H19BrN2O2/c1-3-4-7-18-13(17)9-16(2)12-6-5-10(14)8-11(12)15/h5-6,8H,3-4,7,9,15H2,1-2H3. The number of rotatable bonds is 6. The van der Waals surface area contributed by atoms with Crippen LogP contribution >= 0.6 is 15.9 Å². The van der Waals surface area contributed by atoms with Gasteiger partial charge in [0.1, 0.15) is 6.54 Å². The monoisotopic (exact) mass is 314 g/mol. The molecular weight excluding hydrogens is 296 g/mol. The fourth-order valence-electron chi connectivity index (χ4n) is 1.53. The second-order valence-electron chi connectivity index (χ2n) is 4.13. The first-order valence-corrected chi connectivity index (χ1v) is 6.75. The number of nitrogens with two attached hydrogens (primary N) is 1. The number of hydrogen-bond donors (Lipinski definition) is 1. The number of nitrogens with zero attached hydrogens (tertiary/aromatic N) is 1. The van der Waals surface area contributed by atoms with Crippen molar-refractivity contribution in [2.24, 2.45) is 0 Å². The molecule has 0 saturated carbocycles. The molecule has 0 aliphatic rings. The second kappa shape index (κ2) is 7.26. The van der Waals surface area contributed by atoms with Crippen LogP contribution in [0, 0.1) is 0 Å². The van der Waals surface area contributed by atoms with E-state index in [-0.39, 0.29) is 12.5 Å². The lowest BCUT2D eigenvalue weighted by Gasteiger charge is -2.20. The maximum absolute atomic E-state index is 11.6. The summed E-state index contributed by atoms with van der Waals surface area (Å²) in [6.45, 7) is 2.75. The van der Waals surface area contributed by atoms with Crippen LogP contribution in [0.3, 0.4) is 0 Å². The number of carbonyl (C=O) groups excluding carboxylic acids is 1. The van der Waals surface area contributed by atoms with E-state index < -0.39 is 0 Å². The number of carbonyl (C=O) groups is 1. The molecule has 18 heavy (non-hydrogen) atoms. The minimum absolute atomic E-state index is 0.204. The Morgan fingerprint density at radius 3 is 2.83 bits per heavy atom. The highest BCUT2D eigenvalue weighted by atomic mass is 79.9. The third-order valence-electron chi connectivity index (χ3n) is 2.53. The van der Waals surface area contributed by atoms with Crippen LogP contribution in [0.5, 0.6) is 0 Å². The van der Waals surface area contributed by atoms with Gasteiger partial charge in [0.2, 0.25) is 0 Å². The molecule has 2 N–H and O–H groups in total. The van der Waals surface area contributed by atoms with Crippen molar-refractivity contribution in [2.75, 3.05) is 30.8 Å². The average molecular weight is 315 g/mol. The van der Waals surface area contributed by atoms with Crippen LogP contribution in [0.25, 0.3) is 0 Å². The summed E-state index contributed by atoms with van der Waals surface area (Å²) in [5.74, 6) is -0.228. The fraction of sp³-hybridized carbons (Fsp3) is 0.462. The zero-order chi connectivity index (χ0) is 13.5. The molecule has 0 fully saturated rings. The molecule has 0 atom stereocenters. The zero-order valence-electron chi connectivity index (χ0n) is 10.8. The summed E-state index contributed by atoms with van der Waals surface area (Å²) in [5, 5.41) is 0. The van der Waals surface area contributed by atoms with Crippen molar-refractivity contribution in [2.45, 2.75) is 19.8 Å². The van der Waals surface area contributed by atoms with Gasteiger partial charge in [-0.25, -0.2) is 0 Å². The Morgan fingerprint density at radius 1 is 1.50 bits per heavy atom. The van der Waals surface area contributed by atoms with Crippen LogP contribution < -0.4 is 10.6 Å². The van der Waals surface area contributed by atoms with Gasteiger partial charge in [0.05, 0.1) is 18.0 Å². The highest BCUT2D eigenvalue weighted by Crippen LogP contribution is 2.25. The summed E-state index contributed by atoms with van der Waals surface area (Å²) in [5.41, 5.74) is 7.35. The summed E-state index contributed by atoms with van der Waals surface area (Å²) < 4.78 is 6.03. The molecule has 1 aromatic rings. The van der Waals surface area contributed by atoms with Crippen LogP contribution in [0.2, 0.25) is 0 Å². The van der Waals surface area contributed by atoms with E-state index in [9.17, 15) is 4.79 Å². The predicted molar refractivity (Wildman–Crippen MR) is 77.7 cm³/mol. The molecule has 0 saturated heterocycles. The van der Waals surface area contributed by atoms with Crippen molar-refractivity contribution in [1.82, 2.24) is 0 Å². The molecule has 0 heterocycles. The summed E-state index contributed by atoms with van der Waals surface area (Å²) in [4.78, 5) is 13.4. The summed E-state index contributed by atoms with van der Waals surface area (Å²) >= 11 is 3.35. The highest BCUT2D eigenvalue weighted by Gasteiger charge is 2.11. The molecule has 4 nitrogen and oxygen atoms in total. The minimum Gasteiger partial charge on any atom is -0.464 e. The quantitative estimate of drug-likeness (QED) is 0.498. The molecule has 1 rings (SSSR count). The van der Waals surface area contributed by atoms with Crippen LogP contribution in [-0.4, -0.2) is 26.2 Å². The Balaban J connectivity index is 2.54. The first kappa shape index (κ1) is 14.8. The van der Waals surface area contributed by atoms with Crippen molar-refractivity contribution in [3.63, 3.8) is 0 Å². The molecule has 1 aromatic carbocycles. The number of likely N-dealkylation sites (N-methyl/N-ethyl adjacent to an activating group) is 1. The summed E-state index contributed by atoms with van der Waals surface area (Å²) in [6.07, 6.45) is 1.92. The fourth-order valence-corrected chi connectivity index (χ4v) is 1.91. The maximum Gasteiger partial charge on any atom is 0.325 e. The van der Waals surface area contributed by atoms with Crippen molar-refractivity contribution >= 4 is 33.3 Å². The first-order chi connectivity index (χ1) is 8.54. The SMILES string of the molecule is CCCCOC(=O)CN(C)c1ccc(Br)cc1N. The molecule has 100 valence electrons. The second-order valence-corrected chi connectivity index (χ2v) is 5.05. The molecule has 0 bridgehead atoms. The van der Waals surface area contributed by atoms with Crippen LogP contribution in [0.1, 0.15) is 19.8 Å². The van der Waals surface area contributed by atoms with Gasteiger partial charge in [-0.05, 0) is 24.6 Å². The number of hydrogen-bond acceptors (Lipinski definition) is 4. The van der Waals surface area contributed by atoms with E-state index in [1.54, 1.807) is 4.90 Å². The highest BCUT2D eigenvalue weighted by molar-refractivity contribution is 9.10. The first-order valence-electron chi connectivity index (χ1n) is 5.96. The number of anilines is 2. The Morgan fingerprint density at radius 2 is 2.22 bits per heavy atom. The number of halogens is 1. The lowest BCUT2D eigenvalue weighted by molar-refractivity contribution is -0.142. The van der Waals surface area contributed by atoms with E-state index in [1.807, 2.05) is 25.2 Å². The normalized spacial score (nSPS) is 10.2. The van der Waals surface area contributed by atoms with Gasteiger partial charge < -0.3 is 15.4 Å². The largest absolute Gasteiger partial charge is 0.464 e. The predicted octanol–water partition coefficient (Wildman–Crippen LogP) is 2.81. The number of nitrogen functional groups attached to an aromatic ring is 1. The maximum atomic E-state index is 11.6. The smallest absolute Gasteiger partial charge is 0.325 e. The van der Waals surface area contributed by atoms with E-state index in [0.29, 0.717) is 12.3 Å². The van der Waals surface area contributed by atoms with Gasteiger partial charge in [0.25, 0.3) is 0 Å². The number of unbranched alkanes of at least 4 members (excludes halogenated alkanes) is 1. The third kappa shape index (κ3) is 4.56. The molecular formula is C13H19BrN2O2. The van der Waals surface area contributed by atoms with E-state index in [1.165, 1.54) is 0 Å². The van der Waals surface area contributed by atoms with Gasteiger partial charge in [-0.1, -0.05) is 29.3 Å². The van der Waals surface area contributed by atoms with Crippen molar-refractivity contribution in [1.29, 1.82) is 0 Å². The average Bonchev–Trinajstić information content (AvgIpc) is 2.28. The summed E-state index contributed by atoms with van der Waals surface area (Å²) in [7, 11) is 1.82. The molecule has 0 aliphatic carbocycles. The molecule has 0 radical (unpaired) electrons. The van der Waals surface area contributed by atoms with E-state index in [2.05, 4.69) is 22.9 Å². The van der Waals surface area contributed by atoms with E-state index >= 15 is 0 Å². The lowest BCUT2D eigenvalue weighted by Crippen LogP contribution is -2.28. The summed E-state index contributed by atoms with van der Waals surface area (Å²) in [6, 6.07) is 5.58. The Hall–Kier alpha value is -1.23.